The quantitative estimate of drug-likeness (QED) is 0.781. The molecule has 0 saturated heterocycles. The molecule has 0 N–H and O–H groups in total. The third kappa shape index (κ3) is 2.45. The Labute approximate surface area is 110 Å². The highest BCUT2D eigenvalue weighted by molar-refractivity contribution is 9.10. The summed E-state index contributed by atoms with van der Waals surface area (Å²) in [6.45, 7) is 0. The molecule has 88 valence electrons. The molecule has 0 radical (unpaired) electrons. The van der Waals surface area contributed by atoms with Crippen molar-refractivity contribution in [3.05, 3.63) is 57.5 Å². The Morgan fingerprint density at radius 1 is 1.18 bits per heavy atom. The van der Waals surface area contributed by atoms with Crippen molar-refractivity contribution in [2.24, 2.45) is 0 Å². The lowest BCUT2D eigenvalue weighted by Crippen LogP contribution is -2.18. The summed E-state index contributed by atoms with van der Waals surface area (Å²) in [4.78, 5) is 7.20. The van der Waals surface area contributed by atoms with Crippen LogP contribution in [0, 0.1) is 0 Å². The van der Waals surface area contributed by atoms with E-state index in [1.165, 1.54) is 18.3 Å². The zero-order chi connectivity index (χ0) is 12.5. The lowest BCUT2D eigenvalue weighted by atomic mass is 10.1. The fraction of sp³-hybridized carbons (Fsp3) is 0.0909. The second-order valence-corrected chi connectivity index (χ2v) is 4.47. The van der Waals surface area contributed by atoms with Gasteiger partial charge in [-0.15, -0.1) is 0 Å². The maximum Gasteiger partial charge on any atom is 0.316 e. The maximum atomic E-state index is 14.2. The van der Waals surface area contributed by atoms with Crippen LogP contribution in [-0.4, -0.2) is 9.97 Å². The van der Waals surface area contributed by atoms with Gasteiger partial charge in [0.2, 0.25) is 5.28 Å². The lowest BCUT2D eigenvalue weighted by Gasteiger charge is -2.17. The Bertz CT molecular complexity index is 534. The topological polar surface area (TPSA) is 25.8 Å². The summed E-state index contributed by atoms with van der Waals surface area (Å²) in [6.07, 6.45) is 1.21. The molecular weight excluding hydrogens is 313 g/mol. The molecule has 17 heavy (non-hydrogen) atoms. The van der Waals surface area contributed by atoms with Gasteiger partial charge in [-0.25, -0.2) is 9.97 Å². The number of alkyl halides is 2. The van der Waals surface area contributed by atoms with E-state index in [0.29, 0.717) is 0 Å². The molecule has 2 rings (SSSR count). The van der Waals surface area contributed by atoms with E-state index in [1.807, 2.05) is 0 Å². The van der Waals surface area contributed by atoms with Crippen molar-refractivity contribution in [3.8, 4) is 0 Å². The number of halogens is 4. The monoisotopic (exact) mass is 318 g/mol. The summed E-state index contributed by atoms with van der Waals surface area (Å²) in [5.74, 6) is -3.22. The number of rotatable bonds is 2. The first-order chi connectivity index (χ1) is 8.01. The molecule has 0 atom stereocenters. The SMILES string of the molecule is FC(F)(c1ccccc1)c1nc(Cl)ncc1Br. The van der Waals surface area contributed by atoms with E-state index in [-0.39, 0.29) is 15.3 Å². The first-order valence-electron chi connectivity index (χ1n) is 4.63. The number of aromatic nitrogens is 2. The summed E-state index contributed by atoms with van der Waals surface area (Å²) in [5, 5.41) is -0.209. The molecule has 0 aliphatic carbocycles. The van der Waals surface area contributed by atoms with Gasteiger partial charge in [-0.1, -0.05) is 30.3 Å². The Kier molecular flexibility index (Phi) is 3.40. The molecule has 2 nitrogen and oxygen atoms in total. The van der Waals surface area contributed by atoms with Crippen molar-refractivity contribution in [2.75, 3.05) is 0 Å². The lowest BCUT2D eigenvalue weighted by molar-refractivity contribution is 0.0370. The molecule has 0 fully saturated rings. The largest absolute Gasteiger partial charge is 0.316 e. The second-order valence-electron chi connectivity index (χ2n) is 3.28. The number of nitrogens with zero attached hydrogens (tertiary/aromatic N) is 2. The van der Waals surface area contributed by atoms with Crippen LogP contribution >= 0.6 is 27.5 Å². The Morgan fingerprint density at radius 2 is 1.82 bits per heavy atom. The predicted octanol–water partition coefficient (Wildman–Crippen LogP) is 4.03. The summed E-state index contributed by atoms with van der Waals surface area (Å²) < 4.78 is 28.4. The van der Waals surface area contributed by atoms with Gasteiger partial charge in [-0.05, 0) is 27.5 Å². The molecule has 1 aromatic heterocycles. The van der Waals surface area contributed by atoms with Crippen LogP contribution in [0.4, 0.5) is 8.78 Å². The molecule has 0 unspecified atom stereocenters. The zero-order valence-corrected chi connectivity index (χ0v) is 10.7. The van der Waals surface area contributed by atoms with Gasteiger partial charge in [-0.3, -0.25) is 0 Å². The van der Waals surface area contributed by atoms with E-state index in [1.54, 1.807) is 18.2 Å². The molecule has 0 aliphatic rings. The van der Waals surface area contributed by atoms with Crippen LogP contribution in [0.5, 0.6) is 0 Å². The normalized spacial score (nSPS) is 11.5. The van der Waals surface area contributed by atoms with Crippen LogP contribution in [0.3, 0.4) is 0 Å². The summed E-state index contributed by atoms with van der Waals surface area (Å²) >= 11 is 8.53. The van der Waals surface area contributed by atoms with Gasteiger partial charge < -0.3 is 0 Å². The van der Waals surface area contributed by atoms with Crippen LogP contribution < -0.4 is 0 Å². The van der Waals surface area contributed by atoms with Crippen molar-refractivity contribution in [3.63, 3.8) is 0 Å². The third-order valence-corrected chi connectivity index (χ3v) is 2.91. The van der Waals surface area contributed by atoms with E-state index in [4.69, 9.17) is 11.6 Å². The third-order valence-electron chi connectivity index (χ3n) is 2.15. The van der Waals surface area contributed by atoms with Crippen LogP contribution in [0.1, 0.15) is 11.3 Å². The fourth-order valence-corrected chi connectivity index (χ4v) is 1.92. The van der Waals surface area contributed by atoms with Gasteiger partial charge in [0.25, 0.3) is 0 Å². The van der Waals surface area contributed by atoms with Gasteiger partial charge >= 0.3 is 5.92 Å². The van der Waals surface area contributed by atoms with E-state index in [0.717, 1.165) is 0 Å². The Hall–Kier alpha value is -1.07. The zero-order valence-electron chi connectivity index (χ0n) is 8.37. The minimum atomic E-state index is -3.22. The van der Waals surface area contributed by atoms with E-state index in [9.17, 15) is 8.78 Å². The van der Waals surface area contributed by atoms with Crippen molar-refractivity contribution < 1.29 is 8.78 Å². The van der Waals surface area contributed by atoms with Crippen LogP contribution in [0.2, 0.25) is 5.28 Å². The number of hydrogen-bond acceptors (Lipinski definition) is 2. The summed E-state index contributed by atoms with van der Waals surface area (Å²) in [7, 11) is 0. The van der Waals surface area contributed by atoms with Crippen LogP contribution in [-0.2, 0) is 5.92 Å². The van der Waals surface area contributed by atoms with Crippen molar-refractivity contribution in [2.45, 2.75) is 5.92 Å². The van der Waals surface area contributed by atoms with Gasteiger partial charge in [0.1, 0.15) is 5.69 Å². The van der Waals surface area contributed by atoms with Gasteiger partial charge in [0.05, 0.1) is 4.47 Å². The molecule has 1 aromatic carbocycles. The minimum absolute atomic E-state index is 0.121. The molecule has 0 saturated carbocycles. The average molecular weight is 320 g/mol. The molecule has 0 aliphatic heterocycles. The highest BCUT2D eigenvalue weighted by Crippen LogP contribution is 2.38. The van der Waals surface area contributed by atoms with E-state index >= 15 is 0 Å². The van der Waals surface area contributed by atoms with Crippen LogP contribution in [0.25, 0.3) is 0 Å². The van der Waals surface area contributed by atoms with Crippen molar-refractivity contribution in [1.29, 1.82) is 0 Å². The first-order valence-corrected chi connectivity index (χ1v) is 5.81. The molecule has 0 spiro atoms. The van der Waals surface area contributed by atoms with Crippen molar-refractivity contribution >= 4 is 27.5 Å². The standard InChI is InChI=1S/C11H6BrClF2N2/c12-8-6-16-10(13)17-9(8)11(14,15)7-4-2-1-3-5-7/h1-6H. The first kappa shape index (κ1) is 12.4. The van der Waals surface area contributed by atoms with Gasteiger partial charge in [-0.2, -0.15) is 8.78 Å². The second kappa shape index (κ2) is 4.66. The van der Waals surface area contributed by atoms with Crippen molar-refractivity contribution in [1.82, 2.24) is 9.97 Å². The number of benzene rings is 1. The molecule has 1 heterocycles. The Balaban J connectivity index is 2.55. The predicted molar refractivity (Wildman–Crippen MR) is 64.2 cm³/mol. The van der Waals surface area contributed by atoms with Crippen LogP contribution in [0.15, 0.2) is 41.0 Å². The van der Waals surface area contributed by atoms with Gasteiger partial charge in [0, 0.05) is 11.8 Å². The molecule has 0 amide bonds. The van der Waals surface area contributed by atoms with E-state index < -0.39 is 11.6 Å². The molecule has 0 bridgehead atoms. The summed E-state index contributed by atoms with van der Waals surface area (Å²) in [6, 6.07) is 7.42. The summed E-state index contributed by atoms with van der Waals surface area (Å²) in [5.41, 5.74) is -0.584. The smallest absolute Gasteiger partial charge is 0.225 e. The fourth-order valence-electron chi connectivity index (χ4n) is 1.35. The molecule has 6 heteroatoms. The minimum Gasteiger partial charge on any atom is -0.225 e. The average Bonchev–Trinajstić information content (AvgIpc) is 2.33. The maximum absolute atomic E-state index is 14.2. The molecular formula is C11H6BrClF2N2. The van der Waals surface area contributed by atoms with E-state index in [2.05, 4.69) is 25.9 Å². The number of hydrogen-bond donors (Lipinski definition) is 0. The molecule has 2 aromatic rings. The highest BCUT2D eigenvalue weighted by Gasteiger charge is 2.37. The Morgan fingerprint density at radius 3 is 2.47 bits per heavy atom. The highest BCUT2D eigenvalue weighted by atomic mass is 79.9. The van der Waals surface area contributed by atoms with Gasteiger partial charge in [0.15, 0.2) is 0 Å².